The van der Waals surface area contributed by atoms with Gasteiger partial charge >= 0.3 is 5.97 Å². The summed E-state index contributed by atoms with van der Waals surface area (Å²) in [6, 6.07) is 19.1. The van der Waals surface area contributed by atoms with Gasteiger partial charge in [0.05, 0.1) is 18.7 Å². The zero-order valence-electron chi connectivity index (χ0n) is 15.2. The average molecular weight is 375 g/mol. The van der Waals surface area contributed by atoms with Crippen molar-refractivity contribution in [2.24, 2.45) is 0 Å². The normalized spacial score (nSPS) is 10.1. The molecule has 6 heteroatoms. The van der Waals surface area contributed by atoms with Crippen molar-refractivity contribution in [3.05, 3.63) is 71.8 Å². The van der Waals surface area contributed by atoms with Crippen LogP contribution in [0, 0.1) is 11.3 Å². The fourth-order valence-electron chi connectivity index (χ4n) is 2.56. The van der Waals surface area contributed by atoms with Crippen molar-refractivity contribution in [2.45, 2.75) is 0 Å². The molecule has 0 aliphatic carbocycles. The number of methoxy groups -OCH3 is 1. The number of nitriles is 1. The van der Waals surface area contributed by atoms with Gasteiger partial charge in [0.2, 0.25) is 0 Å². The van der Waals surface area contributed by atoms with E-state index in [0.29, 0.717) is 16.9 Å². The Morgan fingerprint density at radius 2 is 1.57 bits per heavy atom. The van der Waals surface area contributed by atoms with Crippen molar-refractivity contribution < 1.29 is 23.8 Å². The van der Waals surface area contributed by atoms with Gasteiger partial charge in [0.1, 0.15) is 11.5 Å². The molecule has 140 valence electrons. The van der Waals surface area contributed by atoms with Gasteiger partial charge in [0.25, 0.3) is 0 Å². The van der Waals surface area contributed by atoms with E-state index < -0.39 is 5.97 Å². The third kappa shape index (κ3) is 4.65. The molecule has 0 radical (unpaired) electrons. The second kappa shape index (κ2) is 8.69. The van der Waals surface area contributed by atoms with Crippen LogP contribution in [0.2, 0.25) is 0 Å². The van der Waals surface area contributed by atoms with E-state index in [1.807, 2.05) is 30.3 Å². The maximum atomic E-state index is 12.3. The molecule has 3 aromatic carbocycles. The lowest BCUT2D eigenvalue weighted by Gasteiger charge is -2.08. The fraction of sp³-hybridized carbons (Fsp3) is 0.136. The number of ketones is 1. The predicted octanol–water partition coefficient (Wildman–Crippen LogP) is 3.52. The largest absolute Gasteiger partial charge is 0.497 e. The number of rotatable bonds is 7. The van der Waals surface area contributed by atoms with Gasteiger partial charge in [0.15, 0.2) is 19.0 Å². The number of fused-ring (bicyclic) bond motifs is 1. The van der Waals surface area contributed by atoms with Crippen LogP contribution in [0.5, 0.6) is 11.5 Å². The summed E-state index contributed by atoms with van der Waals surface area (Å²) in [4.78, 5) is 24.1. The lowest BCUT2D eigenvalue weighted by molar-refractivity contribution is -0.144. The van der Waals surface area contributed by atoms with Gasteiger partial charge in [0, 0.05) is 5.56 Å². The lowest BCUT2D eigenvalue weighted by atomic mass is 10.0. The van der Waals surface area contributed by atoms with Gasteiger partial charge in [-0.05, 0) is 53.2 Å². The van der Waals surface area contributed by atoms with Crippen LogP contribution in [0.25, 0.3) is 10.8 Å². The van der Waals surface area contributed by atoms with Gasteiger partial charge in [-0.2, -0.15) is 5.26 Å². The average Bonchev–Trinajstić information content (AvgIpc) is 2.75. The zero-order valence-corrected chi connectivity index (χ0v) is 15.2. The Bertz CT molecular complexity index is 1050. The molecule has 0 N–H and O–H groups in total. The highest BCUT2D eigenvalue weighted by atomic mass is 16.6. The molecule has 0 aliphatic rings. The summed E-state index contributed by atoms with van der Waals surface area (Å²) in [5.74, 6) is 0.225. The molecule has 0 aliphatic heterocycles. The van der Waals surface area contributed by atoms with Gasteiger partial charge in [-0.15, -0.1) is 0 Å². The van der Waals surface area contributed by atoms with Crippen molar-refractivity contribution in [3.63, 3.8) is 0 Å². The van der Waals surface area contributed by atoms with Crippen LogP contribution in [0.4, 0.5) is 0 Å². The number of benzene rings is 3. The summed E-state index contributed by atoms with van der Waals surface area (Å²) in [7, 11) is 1.60. The van der Waals surface area contributed by atoms with E-state index >= 15 is 0 Å². The summed E-state index contributed by atoms with van der Waals surface area (Å²) < 4.78 is 15.4. The SMILES string of the molecule is COc1ccc2cc(C(=O)COC(=O)COc3ccc(C#N)cc3)ccc2c1. The van der Waals surface area contributed by atoms with Crippen molar-refractivity contribution >= 4 is 22.5 Å². The van der Waals surface area contributed by atoms with E-state index in [0.717, 1.165) is 16.5 Å². The van der Waals surface area contributed by atoms with Crippen molar-refractivity contribution in [3.8, 4) is 17.6 Å². The lowest BCUT2D eigenvalue weighted by Crippen LogP contribution is -2.19. The second-order valence-electron chi connectivity index (χ2n) is 5.94. The Kier molecular flexibility index (Phi) is 5.87. The molecule has 0 atom stereocenters. The Labute approximate surface area is 161 Å². The van der Waals surface area contributed by atoms with E-state index in [-0.39, 0.29) is 19.0 Å². The highest BCUT2D eigenvalue weighted by molar-refractivity contribution is 6.01. The highest BCUT2D eigenvalue weighted by Gasteiger charge is 2.11. The number of Topliss-reactive ketones (excluding diaryl/α,β-unsaturated/α-hetero) is 1. The topological polar surface area (TPSA) is 85.6 Å². The minimum atomic E-state index is -0.650. The molecule has 0 spiro atoms. The van der Waals surface area contributed by atoms with Crippen LogP contribution in [0.15, 0.2) is 60.7 Å². The Balaban J connectivity index is 1.53. The van der Waals surface area contributed by atoms with Crippen molar-refractivity contribution in [1.82, 2.24) is 0 Å². The molecule has 0 saturated heterocycles. The first-order valence-corrected chi connectivity index (χ1v) is 8.48. The second-order valence-corrected chi connectivity index (χ2v) is 5.94. The van der Waals surface area contributed by atoms with Crippen LogP contribution < -0.4 is 9.47 Å². The molecule has 0 amide bonds. The smallest absolute Gasteiger partial charge is 0.344 e. The predicted molar refractivity (Wildman–Crippen MR) is 102 cm³/mol. The minimum absolute atomic E-state index is 0.301. The third-order valence-corrected chi connectivity index (χ3v) is 4.07. The first kappa shape index (κ1) is 18.9. The molecule has 6 nitrogen and oxygen atoms in total. The van der Waals surface area contributed by atoms with E-state index in [2.05, 4.69) is 0 Å². The first-order valence-electron chi connectivity index (χ1n) is 8.48. The van der Waals surface area contributed by atoms with Crippen LogP contribution in [0.1, 0.15) is 15.9 Å². The van der Waals surface area contributed by atoms with E-state index in [1.165, 1.54) is 0 Å². The Hall–Kier alpha value is -3.85. The number of hydrogen-bond donors (Lipinski definition) is 0. The molecule has 3 aromatic rings. The van der Waals surface area contributed by atoms with Crippen LogP contribution >= 0.6 is 0 Å². The Morgan fingerprint density at radius 3 is 2.29 bits per heavy atom. The Morgan fingerprint density at radius 1 is 0.893 bits per heavy atom. The summed E-state index contributed by atoms with van der Waals surface area (Å²) in [5.41, 5.74) is 0.952. The van der Waals surface area contributed by atoms with E-state index in [4.69, 9.17) is 19.5 Å². The number of hydrogen-bond acceptors (Lipinski definition) is 6. The first-order chi connectivity index (χ1) is 13.6. The highest BCUT2D eigenvalue weighted by Crippen LogP contribution is 2.22. The minimum Gasteiger partial charge on any atom is -0.497 e. The van der Waals surface area contributed by atoms with Gasteiger partial charge < -0.3 is 14.2 Å². The van der Waals surface area contributed by atoms with E-state index in [9.17, 15) is 9.59 Å². The zero-order chi connectivity index (χ0) is 19.9. The quantitative estimate of drug-likeness (QED) is 0.464. The monoisotopic (exact) mass is 375 g/mol. The molecule has 0 unspecified atom stereocenters. The number of carbonyl (C=O) groups is 2. The summed E-state index contributed by atoms with van der Waals surface area (Å²) in [6.45, 7) is -0.687. The maximum Gasteiger partial charge on any atom is 0.344 e. The standard InChI is InChI=1S/C22H17NO5/c1-26-20-9-6-16-10-18(5-4-17(16)11-20)21(24)13-28-22(25)14-27-19-7-2-15(12-23)3-8-19/h2-11H,13-14H2,1H3. The van der Waals surface area contributed by atoms with Crippen LogP contribution in [-0.4, -0.2) is 32.1 Å². The molecule has 0 aromatic heterocycles. The number of carbonyl (C=O) groups excluding carboxylic acids is 2. The molecule has 0 fully saturated rings. The summed E-state index contributed by atoms with van der Waals surface area (Å²) in [6.07, 6.45) is 0. The number of ether oxygens (including phenoxy) is 3. The summed E-state index contributed by atoms with van der Waals surface area (Å²) >= 11 is 0. The number of nitrogens with zero attached hydrogens (tertiary/aromatic N) is 1. The third-order valence-electron chi connectivity index (χ3n) is 4.07. The van der Waals surface area contributed by atoms with Crippen LogP contribution in [-0.2, 0) is 9.53 Å². The molecule has 3 rings (SSSR count). The number of esters is 1. The summed E-state index contributed by atoms with van der Waals surface area (Å²) in [5, 5.41) is 10.6. The molecule has 0 saturated carbocycles. The van der Waals surface area contributed by atoms with Gasteiger partial charge in [-0.1, -0.05) is 18.2 Å². The molecular formula is C22H17NO5. The van der Waals surface area contributed by atoms with Gasteiger partial charge in [-0.3, -0.25) is 4.79 Å². The van der Waals surface area contributed by atoms with Crippen molar-refractivity contribution in [2.75, 3.05) is 20.3 Å². The van der Waals surface area contributed by atoms with E-state index in [1.54, 1.807) is 43.5 Å². The molecular weight excluding hydrogens is 358 g/mol. The fourth-order valence-corrected chi connectivity index (χ4v) is 2.56. The molecule has 0 heterocycles. The molecule has 0 bridgehead atoms. The maximum absolute atomic E-state index is 12.3. The van der Waals surface area contributed by atoms with Crippen molar-refractivity contribution in [1.29, 1.82) is 5.26 Å². The van der Waals surface area contributed by atoms with Crippen LogP contribution in [0.3, 0.4) is 0 Å². The molecule has 28 heavy (non-hydrogen) atoms. The van der Waals surface area contributed by atoms with Gasteiger partial charge in [-0.25, -0.2) is 4.79 Å².